The van der Waals surface area contributed by atoms with E-state index in [2.05, 4.69) is 4.74 Å². The first kappa shape index (κ1) is 18.1. The normalized spacial score (nSPS) is 13.2. The van der Waals surface area contributed by atoms with Crippen LogP contribution in [0.5, 0.6) is 0 Å². The van der Waals surface area contributed by atoms with Crippen LogP contribution < -0.4 is 0 Å². The number of non-ortho nitro benzene ring substituents is 1. The number of esters is 1. The van der Waals surface area contributed by atoms with Gasteiger partial charge >= 0.3 is 5.97 Å². The molecule has 9 heteroatoms. The average molecular weight is 330 g/mol. The van der Waals surface area contributed by atoms with Crippen LogP contribution >= 0.6 is 0 Å². The van der Waals surface area contributed by atoms with Gasteiger partial charge in [-0.15, -0.1) is 0 Å². The van der Waals surface area contributed by atoms with Crippen LogP contribution in [-0.2, 0) is 19.6 Å². The third kappa shape index (κ3) is 3.60. The lowest BCUT2D eigenvalue weighted by atomic mass is 10.1. The van der Waals surface area contributed by atoms with Gasteiger partial charge in [0.25, 0.3) is 5.69 Å². The van der Waals surface area contributed by atoms with Gasteiger partial charge in [0.1, 0.15) is 6.04 Å². The van der Waals surface area contributed by atoms with Gasteiger partial charge in [-0.25, -0.2) is 8.42 Å². The number of nitrogens with zero attached hydrogens (tertiary/aromatic N) is 2. The van der Waals surface area contributed by atoms with Crippen LogP contribution in [0.3, 0.4) is 0 Å². The smallest absolute Gasteiger partial charge is 0.324 e. The van der Waals surface area contributed by atoms with Crippen LogP contribution in [0.25, 0.3) is 0 Å². The van der Waals surface area contributed by atoms with Crippen molar-refractivity contribution in [3.63, 3.8) is 0 Å². The molecule has 1 atom stereocenters. The summed E-state index contributed by atoms with van der Waals surface area (Å²) in [5, 5.41) is 10.6. The molecular weight excluding hydrogens is 312 g/mol. The molecule has 0 N–H and O–H groups in total. The molecule has 1 unspecified atom stereocenters. The van der Waals surface area contributed by atoms with Crippen molar-refractivity contribution in [2.45, 2.75) is 24.8 Å². The Labute approximate surface area is 128 Å². The first-order chi connectivity index (χ1) is 10.1. The predicted octanol–water partition coefficient (Wildman–Crippen LogP) is 1.41. The van der Waals surface area contributed by atoms with Crippen molar-refractivity contribution in [3.8, 4) is 0 Å². The number of rotatable bonds is 6. The average Bonchev–Trinajstić information content (AvgIpc) is 2.46. The Morgan fingerprint density at radius 1 is 1.27 bits per heavy atom. The summed E-state index contributed by atoms with van der Waals surface area (Å²) in [4.78, 5) is 21.7. The minimum absolute atomic E-state index is 0.129. The third-order valence-electron chi connectivity index (χ3n) is 3.19. The highest BCUT2D eigenvalue weighted by atomic mass is 32.2. The van der Waals surface area contributed by atoms with Gasteiger partial charge in [-0.3, -0.25) is 14.9 Å². The Morgan fingerprint density at radius 2 is 1.77 bits per heavy atom. The zero-order valence-corrected chi connectivity index (χ0v) is 13.5. The molecule has 22 heavy (non-hydrogen) atoms. The highest BCUT2D eigenvalue weighted by Gasteiger charge is 2.35. The maximum absolute atomic E-state index is 12.5. The summed E-state index contributed by atoms with van der Waals surface area (Å²) in [6.45, 7) is 3.40. The minimum atomic E-state index is -3.97. The van der Waals surface area contributed by atoms with Crippen molar-refractivity contribution >= 4 is 21.7 Å². The fourth-order valence-corrected chi connectivity index (χ4v) is 3.46. The zero-order chi connectivity index (χ0) is 17.1. The highest BCUT2D eigenvalue weighted by molar-refractivity contribution is 7.89. The van der Waals surface area contributed by atoms with E-state index in [1.54, 1.807) is 13.8 Å². The van der Waals surface area contributed by atoms with Crippen LogP contribution in [0.15, 0.2) is 29.2 Å². The second-order valence-corrected chi connectivity index (χ2v) is 6.98. The molecule has 0 saturated carbocycles. The van der Waals surface area contributed by atoms with E-state index >= 15 is 0 Å². The number of methoxy groups -OCH3 is 1. The van der Waals surface area contributed by atoms with E-state index in [0.29, 0.717) is 0 Å². The Bertz CT molecular complexity index is 654. The van der Waals surface area contributed by atoms with Crippen LogP contribution in [0.1, 0.15) is 13.8 Å². The van der Waals surface area contributed by atoms with Gasteiger partial charge in [0, 0.05) is 19.2 Å². The molecule has 1 aromatic carbocycles. The first-order valence-corrected chi connectivity index (χ1v) is 7.87. The molecule has 8 nitrogen and oxygen atoms in total. The molecule has 1 aromatic rings. The number of ether oxygens (including phenoxy) is 1. The van der Waals surface area contributed by atoms with Crippen molar-refractivity contribution in [2.24, 2.45) is 5.92 Å². The monoisotopic (exact) mass is 330 g/mol. The summed E-state index contributed by atoms with van der Waals surface area (Å²) >= 11 is 0. The topological polar surface area (TPSA) is 107 Å². The number of hydrogen-bond acceptors (Lipinski definition) is 6. The third-order valence-corrected chi connectivity index (χ3v) is 5.04. The summed E-state index contributed by atoms with van der Waals surface area (Å²) in [5.41, 5.74) is -0.213. The quantitative estimate of drug-likeness (QED) is 0.443. The molecule has 122 valence electrons. The molecule has 0 heterocycles. The Kier molecular flexibility index (Phi) is 5.61. The van der Waals surface area contributed by atoms with Crippen molar-refractivity contribution in [1.82, 2.24) is 4.31 Å². The van der Waals surface area contributed by atoms with Crippen LogP contribution in [0.4, 0.5) is 5.69 Å². The summed E-state index contributed by atoms with van der Waals surface area (Å²) in [6, 6.07) is 3.49. The molecular formula is C13H18N2O6S. The van der Waals surface area contributed by atoms with Gasteiger partial charge in [-0.05, 0) is 18.1 Å². The van der Waals surface area contributed by atoms with Crippen molar-refractivity contribution < 1.29 is 22.9 Å². The van der Waals surface area contributed by atoms with Crippen molar-refractivity contribution in [2.75, 3.05) is 14.2 Å². The molecule has 0 amide bonds. The largest absolute Gasteiger partial charge is 0.468 e. The summed E-state index contributed by atoms with van der Waals surface area (Å²) in [5.74, 6) is -0.965. The predicted molar refractivity (Wildman–Crippen MR) is 78.7 cm³/mol. The first-order valence-electron chi connectivity index (χ1n) is 6.43. The molecule has 0 saturated heterocycles. The van der Waals surface area contributed by atoms with E-state index in [1.165, 1.54) is 14.2 Å². The maximum Gasteiger partial charge on any atom is 0.324 e. The van der Waals surface area contributed by atoms with Gasteiger partial charge in [0.05, 0.1) is 16.9 Å². The fourth-order valence-electron chi connectivity index (χ4n) is 2.02. The lowest BCUT2D eigenvalue weighted by Crippen LogP contribution is -2.46. The van der Waals surface area contributed by atoms with E-state index in [-0.39, 0.29) is 16.5 Å². The van der Waals surface area contributed by atoms with E-state index < -0.39 is 27.0 Å². The fraction of sp³-hybridized carbons (Fsp3) is 0.462. The van der Waals surface area contributed by atoms with Gasteiger partial charge in [-0.2, -0.15) is 4.31 Å². The van der Waals surface area contributed by atoms with Gasteiger partial charge in [-0.1, -0.05) is 13.8 Å². The van der Waals surface area contributed by atoms with Crippen molar-refractivity contribution in [3.05, 3.63) is 34.4 Å². The highest BCUT2D eigenvalue weighted by Crippen LogP contribution is 2.23. The number of likely N-dealkylation sites (N-methyl/N-ethyl adjacent to an activating group) is 1. The number of hydrogen-bond donors (Lipinski definition) is 0. The molecule has 1 rings (SSSR count). The van der Waals surface area contributed by atoms with Gasteiger partial charge in [0.2, 0.25) is 10.0 Å². The number of carbonyl (C=O) groups excluding carboxylic acids is 1. The number of nitro benzene ring substituents is 1. The minimum Gasteiger partial charge on any atom is -0.468 e. The lowest BCUT2D eigenvalue weighted by molar-refractivity contribution is -0.384. The second-order valence-electron chi connectivity index (χ2n) is 4.98. The van der Waals surface area contributed by atoms with Crippen LogP contribution in [0, 0.1) is 16.0 Å². The molecule has 0 aliphatic rings. The van der Waals surface area contributed by atoms with Gasteiger partial charge < -0.3 is 4.74 Å². The Balaban J connectivity index is 3.21. The maximum atomic E-state index is 12.5. The molecule has 0 spiro atoms. The zero-order valence-electron chi connectivity index (χ0n) is 12.7. The lowest BCUT2D eigenvalue weighted by Gasteiger charge is -2.28. The number of carbonyl (C=O) groups is 1. The number of nitro groups is 1. The second kappa shape index (κ2) is 6.84. The van der Waals surface area contributed by atoms with Gasteiger partial charge in [0.15, 0.2) is 0 Å². The van der Waals surface area contributed by atoms with Crippen LogP contribution in [0.2, 0.25) is 0 Å². The number of benzene rings is 1. The van der Waals surface area contributed by atoms with Crippen LogP contribution in [-0.4, -0.2) is 43.8 Å². The molecule has 0 aliphatic heterocycles. The summed E-state index contributed by atoms with van der Waals surface area (Å²) < 4.78 is 30.6. The Morgan fingerprint density at radius 3 is 2.14 bits per heavy atom. The molecule has 0 aromatic heterocycles. The molecule has 0 radical (unpaired) electrons. The standard InChI is InChI=1S/C13H18N2O6S/c1-9(2)12(13(16)21-4)14(3)22(19,20)11-7-5-10(6-8-11)15(17)18/h5-9,12H,1-4H3. The van der Waals surface area contributed by atoms with E-state index in [9.17, 15) is 23.3 Å². The van der Waals surface area contributed by atoms with E-state index in [0.717, 1.165) is 28.6 Å². The van der Waals surface area contributed by atoms with E-state index in [1.807, 2.05) is 0 Å². The Hall–Kier alpha value is -2.00. The van der Waals surface area contributed by atoms with E-state index in [4.69, 9.17) is 0 Å². The SMILES string of the molecule is COC(=O)C(C(C)C)N(C)S(=O)(=O)c1ccc([N+](=O)[O-])cc1. The molecule has 0 aliphatic carbocycles. The molecule has 0 bridgehead atoms. The number of sulfonamides is 1. The summed E-state index contributed by atoms with van der Waals surface area (Å²) in [7, 11) is -1.51. The molecule has 0 fully saturated rings. The van der Waals surface area contributed by atoms with Crippen molar-refractivity contribution in [1.29, 1.82) is 0 Å². The summed E-state index contributed by atoms with van der Waals surface area (Å²) in [6.07, 6.45) is 0.